The fraction of sp³-hybridized carbons (Fsp3) is 0.467. The molecule has 1 aromatic rings. The molecule has 0 aromatic heterocycles. The van der Waals surface area contributed by atoms with Gasteiger partial charge in [-0.05, 0) is 37.1 Å². The van der Waals surface area contributed by atoms with Gasteiger partial charge < -0.3 is 10.0 Å². The fourth-order valence-corrected chi connectivity index (χ4v) is 3.33. The molecule has 0 aliphatic heterocycles. The van der Waals surface area contributed by atoms with Crippen LogP contribution in [0.1, 0.15) is 25.7 Å². The summed E-state index contributed by atoms with van der Waals surface area (Å²) in [5.74, 6) is -1.29. The van der Waals surface area contributed by atoms with Gasteiger partial charge in [0.05, 0.1) is 5.75 Å². The highest BCUT2D eigenvalue weighted by atomic mass is 32.2. The van der Waals surface area contributed by atoms with E-state index < -0.39 is 5.97 Å². The Balaban J connectivity index is 1.94. The number of thioether (sulfide) groups is 1. The minimum Gasteiger partial charge on any atom is -0.480 e. The van der Waals surface area contributed by atoms with Gasteiger partial charge in [0.2, 0.25) is 5.91 Å². The highest BCUT2D eigenvalue weighted by molar-refractivity contribution is 8.00. The van der Waals surface area contributed by atoms with Crippen LogP contribution in [0, 0.1) is 5.82 Å². The molecule has 1 fully saturated rings. The van der Waals surface area contributed by atoms with E-state index in [1.54, 1.807) is 12.1 Å². The fourth-order valence-electron chi connectivity index (χ4n) is 2.54. The average Bonchev–Trinajstić information content (AvgIpc) is 2.97. The molecule has 0 saturated heterocycles. The Morgan fingerprint density at radius 3 is 2.43 bits per heavy atom. The summed E-state index contributed by atoms with van der Waals surface area (Å²) in [6.45, 7) is -0.243. The topological polar surface area (TPSA) is 57.6 Å². The van der Waals surface area contributed by atoms with Crippen LogP contribution in [0.25, 0.3) is 0 Å². The number of aliphatic carboxylic acids is 1. The quantitative estimate of drug-likeness (QED) is 0.821. The maximum absolute atomic E-state index is 12.8. The van der Waals surface area contributed by atoms with Gasteiger partial charge in [0.25, 0.3) is 0 Å². The van der Waals surface area contributed by atoms with E-state index in [0.717, 1.165) is 30.6 Å². The molecule has 1 amide bonds. The third kappa shape index (κ3) is 4.74. The molecule has 0 atom stereocenters. The number of benzene rings is 1. The molecular weight excluding hydrogens is 293 g/mol. The van der Waals surface area contributed by atoms with Crippen molar-refractivity contribution in [3.63, 3.8) is 0 Å². The number of carboxylic acids is 1. The summed E-state index contributed by atoms with van der Waals surface area (Å²) < 4.78 is 12.8. The maximum Gasteiger partial charge on any atom is 0.323 e. The smallest absolute Gasteiger partial charge is 0.323 e. The predicted molar refractivity (Wildman–Crippen MR) is 78.7 cm³/mol. The number of nitrogens with zero attached hydrogens (tertiary/aromatic N) is 1. The number of amides is 1. The predicted octanol–water partition coefficient (Wildman–Crippen LogP) is 2.77. The van der Waals surface area contributed by atoms with E-state index in [2.05, 4.69) is 0 Å². The van der Waals surface area contributed by atoms with Crippen LogP contribution < -0.4 is 0 Å². The normalized spacial score (nSPS) is 15.1. The molecular formula is C15H18FNO3S. The van der Waals surface area contributed by atoms with Gasteiger partial charge in [0.15, 0.2) is 0 Å². The third-order valence-corrected chi connectivity index (χ3v) is 4.56. The number of hydrogen-bond acceptors (Lipinski definition) is 3. The highest BCUT2D eigenvalue weighted by Gasteiger charge is 2.28. The van der Waals surface area contributed by atoms with E-state index in [0.29, 0.717) is 0 Å². The Morgan fingerprint density at radius 1 is 1.24 bits per heavy atom. The van der Waals surface area contributed by atoms with E-state index >= 15 is 0 Å². The zero-order valence-corrected chi connectivity index (χ0v) is 12.4. The minimum absolute atomic E-state index is 0.0439. The summed E-state index contributed by atoms with van der Waals surface area (Å²) in [6, 6.07) is 5.97. The first-order valence-corrected chi connectivity index (χ1v) is 7.94. The van der Waals surface area contributed by atoms with Gasteiger partial charge in [0, 0.05) is 10.9 Å². The Morgan fingerprint density at radius 2 is 1.86 bits per heavy atom. The van der Waals surface area contributed by atoms with Crippen LogP contribution >= 0.6 is 11.8 Å². The van der Waals surface area contributed by atoms with Crippen LogP contribution in [0.15, 0.2) is 29.2 Å². The molecule has 0 spiro atoms. The van der Waals surface area contributed by atoms with Crippen LogP contribution in [-0.2, 0) is 9.59 Å². The lowest BCUT2D eigenvalue weighted by molar-refractivity contribution is -0.145. The first-order valence-electron chi connectivity index (χ1n) is 6.96. The molecule has 1 saturated carbocycles. The summed E-state index contributed by atoms with van der Waals surface area (Å²) >= 11 is 1.30. The van der Waals surface area contributed by atoms with Crippen molar-refractivity contribution in [2.45, 2.75) is 36.6 Å². The summed E-state index contributed by atoms with van der Waals surface area (Å²) in [6.07, 6.45) is 3.83. The molecule has 21 heavy (non-hydrogen) atoms. The molecule has 2 rings (SSSR count). The Hall–Kier alpha value is -1.56. The second kappa shape index (κ2) is 7.45. The molecule has 1 N–H and O–H groups in total. The lowest BCUT2D eigenvalue weighted by Gasteiger charge is -2.27. The zero-order chi connectivity index (χ0) is 15.2. The van der Waals surface area contributed by atoms with E-state index in [9.17, 15) is 14.0 Å². The summed E-state index contributed by atoms with van der Waals surface area (Å²) in [5.41, 5.74) is 0. The molecule has 0 heterocycles. The largest absolute Gasteiger partial charge is 0.480 e. The second-order valence-electron chi connectivity index (χ2n) is 5.10. The Labute approximate surface area is 127 Å². The van der Waals surface area contributed by atoms with Crippen LogP contribution in [0.4, 0.5) is 4.39 Å². The molecule has 0 bridgehead atoms. The molecule has 0 unspecified atom stereocenters. The van der Waals surface area contributed by atoms with Crippen LogP contribution in [0.5, 0.6) is 0 Å². The first kappa shape index (κ1) is 15.8. The minimum atomic E-state index is -0.984. The molecule has 6 heteroatoms. The summed E-state index contributed by atoms with van der Waals surface area (Å²) in [7, 11) is 0. The van der Waals surface area contributed by atoms with Crippen molar-refractivity contribution in [1.82, 2.24) is 4.90 Å². The summed E-state index contributed by atoms with van der Waals surface area (Å²) in [4.78, 5) is 25.5. The molecule has 114 valence electrons. The van der Waals surface area contributed by atoms with Gasteiger partial charge in [-0.3, -0.25) is 9.59 Å². The van der Waals surface area contributed by atoms with Crippen molar-refractivity contribution in [2.75, 3.05) is 12.3 Å². The second-order valence-corrected chi connectivity index (χ2v) is 6.15. The number of halogens is 1. The first-order chi connectivity index (χ1) is 10.1. The SMILES string of the molecule is O=C(O)CN(C(=O)CSc1ccc(F)cc1)C1CCCC1. The number of carbonyl (C=O) groups excluding carboxylic acids is 1. The monoisotopic (exact) mass is 311 g/mol. The Kier molecular flexibility index (Phi) is 5.61. The van der Waals surface area contributed by atoms with Crippen molar-refractivity contribution >= 4 is 23.6 Å². The van der Waals surface area contributed by atoms with Gasteiger partial charge in [-0.15, -0.1) is 11.8 Å². The van der Waals surface area contributed by atoms with Gasteiger partial charge in [-0.25, -0.2) is 4.39 Å². The van der Waals surface area contributed by atoms with Crippen molar-refractivity contribution in [2.24, 2.45) is 0 Å². The van der Waals surface area contributed by atoms with Crippen molar-refractivity contribution in [3.05, 3.63) is 30.1 Å². The van der Waals surface area contributed by atoms with Gasteiger partial charge in [-0.2, -0.15) is 0 Å². The maximum atomic E-state index is 12.8. The van der Waals surface area contributed by atoms with Crippen molar-refractivity contribution in [3.8, 4) is 0 Å². The van der Waals surface area contributed by atoms with Gasteiger partial charge in [0.1, 0.15) is 12.4 Å². The highest BCUT2D eigenvalue weighted by Crippen LogP contribution is 2.25. The molecule has 1 aliphatic rings. The van der Waals surface area contributed by atoms with Gasteiger partial charge >= 0.3 is 5.97 Å². The molecule has 4 nitrogen and oxygen atoms in total. The van der Waals surface area contributed by atoms with Crippen LogP contribution in [-0.4, -0.2) is 40.2 Å². The van der Waals surface area contributed by atoms with Gasteiger partial charge in [-0.1, -0.05) is 12.8 Å². The van der Waals surface area contributed by atoms with E-state index in [1.165, 1.54) is 28.8 Å². The van der Waals surface area contributed by atoms with Crippen molar-refractivity contribution in [1.29, 1.82) is 0 Å². The van der Waals surface area contributed by atoms with E-state index in [1.807, 2.05) is 0 Å². The lowest BCUT2D eigenvalue weighted by atomic mass is 10.2. The number of rotatable bonds is 6. The Bertz CT molecular complexity index is 500. The van der Waals surface area contributed by atoms with E-state index in [4.69, 9.17) is 5.11 Å². The molecule has 1 aromatic carbocycles. The number of hydrogen-bond donors (Lipinski definition) is 1. The summed E-state index contributed by atoms with van der Waals surface area (Å²) in [5, 5.41) is 8.97. The molecule has 0 radical (unpaired) electrons. The standard InChI is InChI=1S/C15H18FNO3S/c16-11-5-7-13(8-6-11)21-10-14(18)17(9-15(19)20)12-3-1-2-4-12/h5-8,12H,1-4,9-10H2,(H,19,20). The van der Waals surface area contributed by atoms with E-state index in [-0.39, 0.29) is 30.1 Å². The van der Waals surface area contributed by atoms with Crippen LogP contribution in [0.3, 0.4) is 0 Å². The lowest BCUT2D eigenvalue weighted by Crippen LogP contribution is -2.43. The molecule has 1 aliphatic carbocycles. The van der Waals surface area contributed by atoms with Crippen LogP contribution in [0.2, 0.25) is 0 Å². The third-order valence-electron chi connectivity index (χ3n) is 3.57. The number of carboxylic acid groups (broad SMARTS) is 1. The van der Waals surface area contributed by atoms with Crippen molar-refractivity contribution < 1.29 is 19.1 Å². The zero-order valence-electron chi connectivity index (χ0n) is 11.6. The average molecular weight is 311 g/mol. The number of carbonyl (C=O) groups is 2.